The van der Waals surface area contributed by atoms with E-state index in [9.17, 15) is 0 Å². The second kappa shape index (κ2) is 7.73. The first kappa shape index (κ1) is 14.5. The van der Waals surface area contributed by atoms with Crippen molar-refractivity contribution in [3.63, 3.8) is 0 Å². The van der Waals surface area contributed by atoms with Gasteiger partial charge in [0, 0.05) is 15.8 Å². The van der Waals surface area contributed by atoms with E-state index in [1.807, 2.05) is 12.1 Å². The van der Waals surface area contributed by atoms with Gasteiger partial charge in [-0.2, -0.15) is 0 Å². The summed E-state index contributed by atoms with van der Waals surface area (Å²) in [7, 11) is 0. The monoisotopic (exact) mass is 271 g/mol. The molecule has 0 saturated heterocycles. The van der Waals surface area contributed by atoms with Crippen LogP contribution in [0.1, 0.15) is 46.0 Å². The van der Waals surface area contributed by atoms with Crippen molar-refractivity contribution in [1.82, 2.24) is 0 Å². The number of unbranched alkanes of at least 4 members (excludes halogenated alkanes) is 3. The van der Waals surface area contributed by atoms with Crippen LogP contribution in [0.2, 0.25) is 10.0 Å². The lowest BCUT2D eigenvalue weighted by Gasteiger charge is -2.02. The normalized spacial score (nSPS) is 11.9. The fourth-order valence-electron chi connectivity index (χ4n) is 1.69. The molecule has 0 aromatic heterocycles. The quantitative estimate of drug-likeness (QED) is 0.441. The summed E-state index contributed by atoms with van der Waals surface area (Å²) in [5.41, 5.74) is 1.98. The summed E-state index contributed by atoms with van der Waals surface area (Å²) in [4.78, 5) is 4.53. The molecular weight excluding hydrogens is 253 g/mol. The lowest BCUT2D eigenvalue weighted by molar-refractivity contribution is 0.682. The van der Waals surface area contributed by atoms with Crippen LogP contribution in [-0.2, 0) is 0 Å². The number of benzene rings is 1. The minimum Gasteiger partial charge on any atom is -0.258 e. The molecule has 0 unspecified atom stereocenters. The van der Waals surface area contributed by atoms with Gasteiger partial charge in [0.25, 0.3) is 0 Å². The summed E-state index contributed by atoms with van der Waals surface area (Å²) in [5, 5.41) is 1.27. The Hall–Kier alpha value is -0.530. The lowest BCUT2D eigenvalue weighted by Crippen LogP contribution is -1.90. The summed E-state index contributed by atoms with van der Waals surface area (Å²) < 4.78 is 0. The fourth-order valence-corrected chi connectivity index (χ4v) is 2.20. The van der Waals surface area contributed by atoms with Gasteiger partial charge >= 0.3 is 0 Å². The molecule has 0 aliphatic heterocycles. The van der Waals surface area contributed by atoms with E-state index in [1.165, 1.54) is 25.7 Å². The van der Waals surface area contributed by atoms with E-state index in [0.717, 1.165) is 17.8 Å². The first-order chi connectivity index (χ1) is 8.11. The molecule has 0 fully saturated rings. The Morgan fingerprint density at radius 2 is 1.71 bits per heavy atom. The third-order valence-electron chi connectivity index (χ3n) is 2.56. The van der Waals surface area contributed by atoms with Crippen LogP contribution in [0, 0.1) is 0 Å². The van der Waals surface area contributed by atoms with Gasteiger partial charge in [-0.05, 0) is 38.0 Å². The summed E-state index contributed by atoms with van der Waals surface area (Å²) in [5.74, 6) is 0. The highest BCUT2D eigenvalue weighted by Crippen LogP contribution is 2.25. The first-order valence-electron chi connectivity index (χ1n) is 6.12. The number of halogens is 2. The van der Waals surface area contributed by atoms with Crippen molar-refractivity contribution in [1.29, 1.82) is 0 Å². The first-order valence-corrected chi connectivity index (χ1v) is 6.87. The van der Waals surface area contributed by atoms with Crippen LogP contribution in [0.25, 0.3) is 0 Å². The largest absolute Gasteiger partial charge is 0.258 e. The zero-order valence-corrected chi connectivity index (χ0v) is 12.0. The molecule has 3 heteroatoms. The van der Waals surface area contributed by atoms with Crippen LogP contribution in [0.5, 0.6) is 0 Å². The molecule has 0 amide bonds. The zero-order valence-electron chi connectivity index (χ0n) is 10.5. The molecular formula is C14H19Cl2N. The van der Waals surface area contributed by atoms with Gasteiger partial charge in [0.15, 0.2) is 0 Å². The van der Waals surface area contributed by atoms with Crippen LogP contribution in [0.15, 0.2) is 23.2 Å². The standard InChI is InChI=1S/C14H19Cl2N/c1-3-4-5-6-7-11(2)17-14-9-12(15)8-13(16)10-14/h8-10H,3-7H2,1-2H3. The molecule has 17 heavy (non-hydrogen) atoms. The highest BCUT2D eigenvalue weighted by Gasteiger charge is 1.98. The van der Waals surface area contributed by atoms with Gasteiger partial charge < -0.3 is 0 Å². The molecule has 0 atom stereocenters. The van der Waals surface area contributed by atoms with Crippen molar-refractivity contribution in [3.05, 3.63) is 28.2 Å². The van der Waals surface area contributed by atoms with Crippen LogP contribution in [0.3, 0.4) is 0 Å². The van der Waals surface area contributed by atoms with Gasteiger partial charge in [-0.25, -0.2) is 0 Å². The maximum atomic E-state index is 5.93. The SMILES string of the molecule is CCCCCCC(C)=Nc1cc(Cl)cc(Cl)c1. The van der Waals surface area contributed by atoms with E-state index >= 15 is 0 Å². The predicted molar refractivity (Wildman–Crippen MR) is 78.0 cm³/mol. The Labute approximate surface area is 114 Å². The summed E-state index contributed by atoms with van der Waals surface area (Å²) in [6.07, 6.45) is 6.09. The van der Waals surface area contributed by atoms with Crippen molar-refractivity contribution in [2.24, 2.45) is 4.99 Å². The highest BCUT2D eigenvalue weighted by atomic mass is 35.5. The molecule has 0 N–H and O–H groups in total. The third-order valence-corrected chi connectivity index (χ3v) is 3.00. The van der Waals surface area contributed by atoms with E-state index in [0.29, 0.717) is 10.0 Å². The number of rotatable bonds is 6. The average Bonchev–Trinajstić information content (AvgIpc) is 2.23. The summed E-state index contributed by atoms with van der Waals surface area (Å²) >= 11 is 11.9. The molecule has 0 bridgehead atoms. The van der Waals surface area contributed by atoms with Crippen molar-refractivity contribution in [2.75, 3.05) is 0 Å². The number of aliphatic imine (C=N–C) groups is 1. The van der Waals surface area contributed by atoms with Crippen LogP contribution >= 0.6 is 23.2 Å². The Morgan fingerprint density at radius 1 is 1.06 bits per heavy atom. The van der Waals surface area contributed by atoms with Crippen molar-refractivity contribution in [3.8, 4) is 0 Å². The predicted octanol–water partition coefficient (Wildman–Crippen LogP) is 6.06. The van der Waals surface area contributed by atoms with Crippen LogP contribution in [0.4, 0.5) is 5.69 Å². The molecule has 94 valence electrons. The molecule has 0 aliphatic carbocycles. The van der Waals surface area contributed by atoms with Crippen molar-refractivity contribution in [2.45, 2.75) is 46.0 Å². The smallest absolute Gasteiger partial charge is 0.0658 e. The second-order valence-electron chi connectivity index (χ2n) is 4.29. The fraction of sp³-hybridized carbons (Fsp3) is 0.500. The second-order valence-corrected chi connectivity index (χ2v) is 5.16. The summed E-state index contributed by atoms with van der Waals surface area (Å²) in [6.45, 7) is 4.27. The zero-order chi connectivity index (χ0) is 12.7. The van der Waals surface area contributed by atoms with E-state index in [1.54, 1.807) is 6.07 Å². The van der Waals surface area contributed by atoms with E-state index in [-0.39, 0.29) is 0 Å². The van der Waals surface area contributed by atoms with E-state index < -0.39 is 0 Å². The maximum absolute atomic E-state index is 5.93. The topological polar surface area (TPSA) is 12.4 Å². The van der Waals surface area contributed by atoms with E-state index in [4.69, 9.17) is 23.2 Å². The number of hydrogen-bond acceptors (Lipinski definition) is 1. The number of nitrogens with zero attached hydrogens (tertiary/aromatic N) is 1. The molecule has 1 aromatic carbocycles. The van der Waals surface area contributed by atoms with Gasteiger partial charge in [0.05, 0.1) is 5.69 Å². The Kier molecular flexibility index (Phi) is 6.61. The molecule has 0 saturated carbocycles. The minimum absolute atomic E-state index is 0.634. The van der Waals surface area contributed by atoms with Crippen LogP contribution in [-0.4, -0.2) is 5.71 Å². The molecule has 0 radical (unpaired) electrons. The third kappa shape index (κ3) is 6.09. The highest BCUT2D eigenvalue weighted by molar-refractivity contribution is 6.35. The molecule has 1 aromatic rings. The molecule has 0 aliphatic rings. The van der Waals surface area contributed by atoms with Gasteiger partial charge in [0.2, 0.25) is 0 Å². The van der Waals surface area contributed by atoms with Crippen molar-refractivity contribution < 1.29 is 0 Å². The summed E-state index contributed by atoms with van der Waals surface area (Å²) in [6, 6.07) is 5.39. The average molecular weight is 272 g/mol. The molecule has 1 nitrogen and oxygen atoms in total. The van der Waals surface area contributed by atoms with Gasteiger partial charge in [-0.3, -0.25) is 4.99 Å². The van der Waals surface area contributed by atoms with Crippen LogP contribution < -0.4 is 0 Å². The Bertz CT molecular complexity index is 366. The van der Waals surface area contributed by atoms with Crippen molar-refractivity contribution >= 4 is 34.6 Å². The Balaban J connectivity index is 2.54. The van der Waals surface area contributed by atoms with Gasteiger partial charge in [-0.1, -0.05) is 49.4 Å². The van der Waals surface area contributed by atoms with E-state index in [2.05, 4.69) is 18.8 Å². The minimum atomic E-state index is 0.634. The molecule has 1 rings (SSSR count). The Morgan fingerprint density at radius 3 is 2.29 bits per heavy atom. The molecule has 0 heterocycles. The lowest BCUT2D eigenvalue weighted by atomic mass is 10.1. The number of hydrogen-bond donors (Lipinski definition) is 0. The molecule has 0 spiro atoms. The van der Waals surface area contributed by atoms with Gasteiger partial charge in [0.1, 0.15) is 0 Å². The van der Waals surface area contributed by atoms with Gasteiger partial charge in [-0.15, -0.1) is 0 Å². The maximum Gasteiger partial charge on any atom is 0.0658 e.